The van der Waals surface area contributed by atoms with Crippen LogP contribution >= 0.6 is 0 Å². The quantitative estimate of drug-likeness (QED) is 0.710. The lowest BCUT2D eigenvalue weighted by atomic mass is 10.0. The maximum Gasteiger partial charge on any atom is 0.237 e. The summed E-state index contributed by atoms with van der Waals surface area (Å²) in [5.41, 5.74) is 5.90. The summed E-state index contributed by atoms with van der Waals surface area (Å²) >= 11 is 0. The Balaban J connectivity index is 4.25. The molecule has 0 heterocycles. The molecule has 19 heavy (non-hydrogen) atoms. The van der Waals surface area contributed by atoms with Crippen LogP contribution in [-0.4, -0.2) is 42.0 Å². The molecule has 4 nitrogen and oxygen atoms in total. The zero-order valence-corrected chi connectivity index (χ0v) is 13.8. The van der Waals surface area contributed by atoms with Gasteiger partial charge in [-0.15, -0.1) is 0 Å². The summed E-state index contributed by atoms with van der Waals surface area (Å²) in [6, 6.07) is 0.0787. The lowest BCUT2D eigenvalue weighted by Gasteiger charge is -2.30. The fraction of sp³-hybridized carbons (Fsp3) is 0.933. The van der Waals surface area contributed by atoms with Gasteiger partial charge in [0.15, 0.2) is 0 Å². The van der Waals surface area contributed by atoms with Crippen molar-refractivity contribution in [3.8, 4) is 0 Å². The van der Waals surface area contributed by atoms with E-state index in [-0.39, 0.29) is 23.5 Å². The Morgan fingerprint density at radius 3 is 2.26 bits per heavy atom. The smallest absolute Gasteiger partial charge is 0.237 e. The minimum absolute atomic E-state index is 0.0902. The van der Waals surface area contributed by atoms with E-state index in [0.29, 0.717) is 5.92 Å². The Morgan fingerprint density at radius 2 is 1.84 bits per heavy atom. The van der Waals surface area contributed by atoms with Crippen LogP contribution in [0.4, 0.5) is 0 Å². The minimum atomic E-state index is -0.138. The van der Waals surface area contributed by atoms with E-state index in [1.807, 2.05) is 27.8 Å². The standard InChI is InChI=1S/C15H33N3O/c1-8-15(5,6)17-14(19)12(4)18(7)10-9-13(16)11(2)3/h11-13H,8-10,16H2,1-7H3,(H,17,19). The first-order chi connectivity index (χ1) is 8.60. The third-order valence-electron chi connectivity index (χ3n) is 4.06. The second kappa shape index (κ2) is 7.85. The zero-order chi connectivity index (χ0) is 15.2. The number of rotatable bonds is 8. The summed E-state index contributed by atoms with van der Waals surface area (Å²) < 4.78 is 0. The average molecular weight is 271 g/mol. The summed E-state index contributed by atoms with van der Waals surface area (Å²) in [7, 11) is 1.98. The van der Waals surface area contributed by atoms with Crippen LogP contribution in [0.5, 0.6) is 0 Å². The Bertz CT molecular complexity index is 277. The van der Waals surface area contributed by atoms with Crippen molar-refractivity contribution >= 4 is 5.91 Å². The molecule has 0 aromatic carbocycles. The molecule has 0 aliphatic carbocycles. The second-order valence-electron chi connectivity index (χ2n) is 6.58. The number of nitrogens with two attached hydrogens (primary N) is 1. The van der Waals surface area contributed by atoms with Crippen molar-refractivity contribution in [2.75, 3.05) is 13.6 Å². The van der Waals surface area contributed by atoms with Gasteiger partial charge in [0.05, 0.1) is 6.04 Å². The van der Waals surface area contributed by atoms with Gasteiger partial charge in [0.25, 0.3) is 0 Å². The maximum atomic E-state index is 12.2. The van der Waals surface area contributed by atoms with Gasteiger partial charge in [-0.1, -0.05) is 20.8 Å². The summed E-state index contributed by atoms with van der Waals surface area (Å²) in [5, 5.41) is 3.09. The van der Waals surface area contributed by atoms with Gasteiger partial charge >= 0.3 is 0 Å². The molecule has 0 saturated carbocycles. The van der Waals surface area contributed by atoms with Crippen molar-refractivity contribution in [3.05, 3.63) is 0 Å². The van der Waals surface area contributed by atoms with Crippen LogP contribution in [0.3, 0.4) is 0 Å². The molecule has 0 aliphatic rings. The van der Waals surface area contributed by atoms with E-state index in [1.165, 1.54) is 0 Å². The highest BCUT2D eigenvalue weighted by Gasteiger charge is 2.24. The molecule has 0 bridgehead atoms. The summed E-state index contributed by atoms with van der Waals surface area (Å²) in [5.74, 6) is 0.573. The molecule has 0 aromatic rings. The van der Waals surface area contributed by atoms with E-state index < -0.39 is 0 Å². The molecular weight excluding hydrogens is 238 g/mol. The van der Waals surface area contributed by atoms with Gasteiger partial charge in [0.1, 0.15) is 0 Å². The van der Waals surface area contributed by atoms with E-state index in [4.69, 9.17) is 5.73 Å². The van der Waals surface area contributed by atoms with Crippen molar-refractivity contribution in [2.24, 2.45) is 11.7 Å². The van der Waals surface area contributed by atoms with Crippen LogP contribution < -0.4 is 11.1 Å². The number of nitrogens with zero attached hydrogens (tertiary/aromatic N) is 1. The van der Waals surface area contributed by atoms with Crippen molar-refractivity contribution in [2.45, 2.75) is 72.0 Å². The molecule has 2 atom stereocenters. The van der Waals surface area contributed by atoms with Crippen LogP contribution in [-0.2, 0) is 4.79 Å². The van der Waals surface area contributed by atoms with Crippen LogP contribution in [0, 0.1) is 5.92 Å². The Hall–Kier alpha value is -0.610. The molecular formula is C15H33N3O. The van der Waals surface area contributed by atoms with Gasteiger partial charge in [-0.25, -0.2) is 0 Å². The van der Waals surface area contributed by atoms with Gasteiger partial charge in [0, 0.05) is 18.1 Å². The first kappa shape index (κ1) is 18.4. The molecule has 0 aromatic heterocycles. The van der Waals surface area contributed by atoms with E-state index in [1.54, 1.807) is 0 Å². The number of hydrogen-bond donors (Lipinski definition) is 2. The first-order valence-electron chi connectivity index (χ1n) is 7.38. The fourth-order valence-corrected chi connectivity index (χ4v) is 1.61. The van der Waals surface area contributed by atoms with Gasteiger partial charge in [-0.3, -0.25) is 9.69 Å². The van der Waals surface area contributed by atoms with Crippen LogP contribution in [0.15, 0.2) is 0 Å². The van der Waals surface area contributed by atoms with E-state index in [9.17, 15) is 4.79 Å². The highest BCUT2D eigenvalue weighted by Crippen LogP contribution is 2.09. The number of nitrogens with one attached hydrogen (secondary N) is 1. The van der Waals surface area contributed by atoms with Crippen LogP contribution in [0.25, 0.3) is 0 Å². The third kappa shape index (κ3) is 6.92. The third-order valence-corrected chi connectivity index (χ3v) is 4.06. The topological polar surface area (TPSA) is 58.4 Å². The minimum Gasteiger partial charge on any atom is -0.350 e. The monoisotopic (exact) mass is 271 g/mol. The fourth-order valence-electron chi connectivity index (χ4n) is 1.61. The molecule has 0 fully saturated rings. The predicted octanol–water partition coefficient (Wildman–Crippen LogP) is 1.98. The molecule has 0 saturated heterocycles. The van der Waals surface area contributed by atoms with Crippen LogP contribution in [0.2, 0.25) is 0 Å². The van der Waals surface area contributed by atoms with Gasteiger partial charge in [-0.2, -0.15) is 0 Å². The SMILES string of the molecule is CCC(C)(C)NC(=O)C(C)N(C)CCC(N)C(C)C. The van der Waals surface area contributed by atoms with Crippen molar-refractivity contribution in [1.29, 1.82) is 0 Å². The second-order valence-corrected chi connectivity index (χ2v) is 6.58. The van der Waals surface area contributed by atoms with Crippen LogP contribution in [0.1, 0.15) is 54.4 Å². The molecule has 114 valence electrons. The number of likely N-dealkylation sites (N-methyl/N-ethyl adjacent to an activating group) is 1. The van der Waals surface area contributed by atoms with Crippen molar-refractivity contribution in [3.63, 3.8) is 0 Å². The molecule has 1 amide bonds. The lowest BCUT2D eigenvalue weighted by Crippen LogP contribution is -2.51. The molecule has 4 heteroatoms. The van der Waals surface area contributed by atoms with Gasteiger partial charge in [-0.05, 0) is 46.6 Å². The predicted molar refractivity (Wildman–Crippen MR) is 82.0 cm³/mol. The molecule has 2 unspecified atom stereocenters. The molecule has 0 rings (SSSR count). The average Bonchev–Trinajstić information content (AvgIpc) is 2.33. The number of hydrogen-bond acceptors (Lipinski definition) is 3. The Morgan fingerprint density at radius 1 is 1.32 bits per heavy atom. The van der Waals surface area contributed by atoms with E-state index >= 15 is 0 Å². The summed E-state index contributed by atoms with van der Waals surface area (Å²) in [4.78, 5) is 14.2. The molecule has 0 spiro atoms. The number of carbonyl (C=O) groups excluding carboxylic acids is 1. The van der Waals surface area contributed by atoms with Gasteiger partial charge in [0.2, 0.25) is 5.91 Å². The van der Waals surface area contributed by atoms with Gasteiger partial charge < -0.3 is 11.1 Å². The highest BCUT2D eigenvalue weighted by molar-refractivity contribution is 5.81. The normalized spacial score (nSPS) is 15.7. The van der Waals surface area contributed by atoms with Crippen molar-refractivity contribution in [1.82, 2.24) is 10.2 Å². The highest BCUT2D eigenvalue weighted by atomic mass is 16.2. The maximum absolute atomic E-state index is 12.2. The largest absolute Gasteiger partial charge is 0.350 e. The summed E-state index contributed by atoms with van der Waals surface area (Å²) in [6.45, 7) is 13.2. The Labute approximate surface area is 119 Å². The summed E-state index contributed by atoms with van der Waals surface area (Å²) in [6.07, 6.45) is 1.84. The number of amides is 1. The molecule has 3 N–H and O–H groups in total. The molecule has 0 radical (unpaired) electrons. The van der Waals surface area contributed by atoms with E-state index in [2.05, 4.69) is 31.0 Å². The number of carbonyl (C=O) groups is 1. The Kier molecular flexibility index (Phi) is 7.60. The molecule has 0 aliphatic heterocycles. The zero-order valence-electron chi connectivity index (χ0n) is 13.8. The van der Waals surface area contributed by atoms with Crippen molar-refractivity contribution < 1.29 is 4.79 Å². The van der Waals surface area contributed by atoms with E-state index in [0.717, 1.165) is 19.4 Å². The first-order valence-corrected chi connectivity index (χ1v) is 7.38. The lowest BCUT2D eigenvalue weighted by molar-refractivity contribution is -0.127.